The highest BCUT2D eigenvalue weighted by molar-refractivity contribution is 5.44. The second-order valence-electron chi connectivity index (χ2n) is 8.02. The Bertz CT molecular complexity index is 1040. The van der Waals surface area contributed by atoms with Gasteiger partial charge in [-0.25, -0.2) is 0 Å². The largest absolute Gasteiger partial charge is 0.493 e. The molecule has 0 aliphatic carbocycles. The third kappa shape index (κ3) is 5.07. The van der Waals surface area contributed by atoms with Crippen LogP contribution in [0.1, 0.15) is 29.0 Å². The van der Waals surface area contributed by atoms with Gasteiger partial charge in [-0.3, -0.25) is 0 Å². The van der Waals surface area contributed by atoms with Crippen LogP contribution < -0.4 is 9.64 Å². The predicted octanol–water partition coefficient (Wildman–Crippen LogP) is 3.44. The van der Waals surface area contributed by atoms with Crippen molar-refractivity contribution in [1.82, 2.24) is 5.16 Å². The minimum Gasteiger partial charge on any atom is -0.493 e. The summed E-state index contributed by atoms with van der Waals surface area (Å²) in [6.07, 6.45) is 0.930. The molecule has 0 aliphatic heterocycles. The monoisotopic (exact) mass is 429 g/mol. The topological polar surface area (TPSA) is 59.9 Å². The van der Waals surface area contributed by atoms with Crippen molar-refractivity contribution in [2.24, 2.45) is 0 Å². The smallest absolute Gasteiger partial charge is 0.191 e. The highest BCUT2D eigenvalue weighted by Crippen LogP contribution is 2.35. The Hall–Kier alpha value is -3.41. The average molecular weight is 430 g/mol. The lowest BCUT2D eigenvalue weighted by Crippen LogP contribution is -3.07. The maximum Gasteiger partial charge on any atom is 0.191 e. The third-order valence-electron chi connectivity index (χ3n) is 5.55. The Morgan fingerprint density at radius 2 is 1.44 bits per heavy atom. The number of nitrogens with one attached hydrogen (secondary N) is 1. The first kappa shape index (κ1) is 21.8. The van der Waals surface area contributed by atoms with E-state index in [1.807, 2.05) is 97.1 Å². The first-order valence-corrected chi connectivity index (χ1v) is 10.9. The number of rotatable bonds is 10. The fourth-order valence-corrected chi connectivity index (χ4v) is 3.85. The number of ether oxygens (including phenoxy) is 1. The number of hydrogen-bond donors (Lipinski definition) is 2. The summed E-state index contributed by atoms with van der Waals surface area (Å²) in [5.74, 6) is 1.64. The molecule has 3 aromatic carbocycles. The van der Waals surface area contributed by atoms with Crippen LogP contribution in [0.5, 0.6) is 5.75 Å². The first-order chi connectivity index (χ1) is 15.7. The van der Waals surface area contributed by atoms with Crippen LogP contribution in [0.25, 0.3) is 0 Å². The molecular formula is C27H29N2O3+. The van der Waals surface area contributed by atoms with Gasteiger partial charge in [0.15, 0.2) is 11.4 Å². The molecule has 2 N–H and O–H groups in total. The highest BCUT2D eigenvalue weighted by Gasteiger charge is 2.37. The summed E-state index contributed by atoms with van der Waals surface area (Å²) in [5, 5.41) is 16.1. The van der Waals surface area contributed by atoms with Crippen LogP contribution in [-0.4, -0.2) is 30.5 Å². The van der Waals surface area contributed by atoms with Crippen molar-refractivity contribution in [2.75, 3.05) is 20.2 Å². The number of hydrogen-bond acceptors (Lipinski definition) is 4. The highest BCUT2D eigenvalue weighted by atomic mass is 16.5. The summed E-state index contributed by atoms with van der Waals surface area (Å²) < 4.78 is 11.4. The molecule has 0 radical (unpaired) electrons. The van der Waals surface area contributed by atoms with Gasteiger partial charge in [0.1, 0.15) is 18.0 Å². The van der Waals surface area contributed by atoms with Gasteiger partial charge in [-0.05, 0) is 23.3 Å². The van der Waals surface area contributed by atoms with Crippen molar-refractivity contribution >= 4 is 0 Å². The molecule has 5 heteroatoms. The van der Waals surface area contributed by atoms with E-state index in [-0.39, 0.29) is 0 Å². The molecule has 1 aromatic heterocycles. The van der Waals surface area contributed by atoms with Crippen LogP contribution in [0.2, 0.25) is 0 Å². The number of aliphatic hydroxyl groups is 1. The van der Waals surface area contributed by atoms with E-state index in [1.165, 1.54) is 4.90 Å². The molecule has 0 spiro atoms. The minimum atomic E-state index is -1.37. The van der Waals surface area contributed by atoms with Crippen LogP contribution in [0.4, 0.5) is 0 Å². The van der Waals surface area contributed by atoms with E-state index < -0.39 is 5.60 Å². The van der Waals surface area contributed by atoms with Gasteiger partial charge in [0.05, 0.1) is 20.2 Å². The molecule has 0 saturated carbocycles. The third-order valence-corrected chi connectivity index (χ3v) is 5.55. The Kier molecular flexibility index (Phi) is 7.00. The quantitative estimate of drug-likeness (QED) is 0.379. The lowest BCUT2D eigenvalue weighted by Gasteiger charge is -2.27. The van der Waals surface area contributed by atoms with Gasteiger partial charge in [-0.2, -0.15) is 0 Å². The SMILES string of the molecule is C[NH+](CCCOc1ccccc1)Cc1cc(C(O)(c2ccccc2)c2ccccc2)no1. The van der Waals surface area contributed by atoms with Crippen LogP contribution in [0.3, 0.4) is 0 Å². The average Bonchev–Trinajstić information content (AvgIpc) is 3.32. The van der Waals surface area contributed by atoms with Crippen molar-refractivity contribution in [3.63, 3.8) is 0 Å². The number of nitrogens with zero attached hydrogens (tertiary/aromatic N) is 1. The summed E-state index contributed by atoms with van der Waals surface area (Å²) in [6.45, 7) is 2.28. The zero-order valence-corrected chi connectivity index (χ0v) is 18.3. The number of quaternary nitrogens is 1. The maximum absolute atomic E-state index is 11.8. The number of para-hydroxylation sites is 1. The molecule has 0 saturated heterocycles. The second kappa shape index (κ2) is 10.3. The summed E-state index contributed by atoms with van der Waals surface area (Å²) >= 11 is 0. The minimum absolute atomic E-state index is 0.491. The second-order valence-corrected chi connectivity index (χ2v) is 8.02. The van der Waals surface area contributed by atoms with Gasteiger partial charge in [-0.1, -0.05) is 84.0 Å². The van der Waals surface area contributed by atoms with Gasteiger partial charge in [-0.15, -0.1) is 0 Å². The molecular weight excluding hydrogens is 400 g/mol. The Morgan fingerprint density at radius 3 is 2.03 bits per heavy atom. The van der Waals surface area contributed by atoms with E-state index in [1.54, 1.807) is 0 Å². The standard InChI is InChI=1S/C27H28N2O3/c1-29(18-11-19-31-24-16-9-4-10-17-24)21-25-20-26(28-32-25)27(30,22-12-5-2-6-13-22)23-14-7-3-8-15-23/h2-10,12-17,20,30H,11,18-19,21H2,1H3/p+1. The lowest BCUT2D eigenvalue weighted by atomic mass is 9.83. The molecule has 32 heavy (non-hydrogen) atoms. The molecule has 0 amide bonds. The van der Waals surface area contributed by atoms with Crippen molar-refractivity contribution in [1.29, 1.82) is 0 Å². The van der Waals surface area contributed by atoms with E-state index >= 15 is 0 Å². The van der Waals surface area contributed by atoms with E-state index in [4.69, 9.17) is 9.26 Å². The molecule has 1 unspecified atom stereocenters. The summed E-state index contributed by atoms with van der Waals surface area (Å²) in [4.78, 5) is 1.28. The maximum atomic E-state index is 11.8. The molecule has 1 heterocycles. The zero-order valence-electron chi connectivity index (χ0n) is 18.3. The van der Waals surface area contributed by atoms with Gasteiger partial charge in [0.2, 0.25) is 0 Å². The normalized spacial score (nSPS) is 12.4. The fraction of sp³-hybridized carbons (Fsp3) is 0.222. The van der Waals surface area contributed by atoms with E-state index in [0.29, 0.717) is 18.8 Å². The van der Waals surface area contributed by atoms with Crippen LogP contribution in [0, 0.1) is 0 Å². The van der Waals surface area contributed by atoms with Gasteiger partial charge in [0.25, 0.3) is 0 Å². The van der Waals surface area contributed by atoms with Gasteiger partial charge < -0.3 is 19.3 Å². The number of benzene rings is 3. The Labute approximate surface area is 188 Å². The predicted molar refractivity (Wildman–Crippen MR) is 123 cm³/mol. The molecule has 0 fully saturated rings. The lowest BCUT2D eigenvalue weighted by molar-refractivity contribution is -0.895. The molecule has 164 valence electrons. The molecule has 0 aliphatic rings. The van der Waals surface area contributed by atoms with Crippen LogP contribution in [-0.2, 0) is 12.1 Å². The first-order valence-electron chi connectivity index (χ1n) is 10.9. The Balaban J connectivity index is 1.42. The fourth-order valence-electron chi connectivity index (χ4n) is 3.85. The van der Waals surface area contributed by atoms with Crippen LogP contribution in [0.15, 0.2) is 102 Å². The van der Waals surface area contributed by atoms with E-state index in [9.17, 15) is 5.11 Å². The van der Waals surface area contributed by atoms with Gasteiger partial charge >= 0.3 is 0 Å². The van der Waals surface area contributed by atoms with Crippen molar-refractivity contribution in [2.45, 2.75) is 18.6 Å². The van der Waals surface area contributed by atoms with E-state index in [0.717, 1.165) is 35.6 Å². The van der Waals surface area contributed by atoms with Crippen molar-refractivity contribution < 1.29 is 19.3 Å². The van der Waals surface area contributed by atoms with Crippen molar-refractivity contribution in [3.05, 3.63) is 120 Å². The Morgan fingerprint density at radius 1 is 0.875 bits per heavy atom. The van der Waals surface area contributed by atoms with Gasteiger partial charge in [0, 0.05) is 12.5 Å². The number of aromatic nitrogens is 1. The van der Waals surface area contributed by atoms with E-state index in [2.05, 4.69) is 12.2 Å². The molecule has 1 atom stereocenters. The summed E-state index contributed by atoms with van der Waals surface area (Å²) in [7, 11) is 2.12. The molecule has 0 bridgehead atoms. The molecule has 5 nitrogen and oxygen atoms in total. The molecule has 4 aromatic rings. The van der Waals surface area contributed by atoms with Crippen LogP contribution >= 0.6 is 0 Å². The molecule has 4 rings (SSSR count). The van der Waals surface area contributed by atoms with Crippen molar-refractivity contribution in [3.8, 4) is 5.75 Å². The zero-order chi connectivity index (χ0) is 22.2. The summed E-state index contributed by atoms with van der Waals surface area (Å²) in [6, 6.07) is 30.9. The summed E-state index contributed by atoms with van der Waals surface area (Å²) in [5.41, 5.74) is 0.626.